The maximum absolute atomic E-state index is 13.8. The zero-order valence-corrected chi connectivity index (χ0v) is 20.6. The third kappa shape index (κ3) is 4.60. The molecule has 1 aliphatic heterocycles. The van der Waals surface area contributed by atoms with Gasteiger partial charge in [-0.05, 0) is 75.4 Å². The second-order valence-electron chi connectivity index (χ2n) is 9.22. The van der Waals surface area contributed by atoms with Gasteiger partial charge < -0.3 is 18.8 Å². The molecule has 0 aliphatic carbocycles. The quantitative estimate of drug-likeness (QED) is 0.389. The standard InChI is InChI=1S/C28H33NO5/c1-6-12-33-21-10-7-9-20(16-21)25-24-26(30)23-19(5)14-18(4)15-22(23)34-27(24)28(31)29(25)11-8-13-32-17(2)3/h7,9-10,14-17,25H,6,8,11-13H2,1-5H3. The number of ether oxygens (including phenoxy) is 2. The molecule has 0 radical (unpaired) electrons. The van der Waals surface area contributed by atoms with E-state index in [9.17, 15) is 9.59 Å². The second-order valence-corrected chi connectivity index (χ2v) is 9.22. The predicted octanol–water partition coefficient (Wildman–Crippen LogP) is 5.56. The van der Waals surface area contributed by atoms with E-state index in [2.05, 4.69) is 6.92 Å². The number of carbonyl (C=O) groups is 1. The topological polar surface area (TPSA) is 69.0 Å². The number of hydrogen-bond donors (Lipinski definition) is 0. The van der Waals surface area contributed by atoms with Crippen LogP contribution in [0.3, 0.4) is 0 Å². The maximum Gasteiger partial charge on any atom is 0.290 e. The van der Waals surface area contributed by atoms with E-state index >= 15 is 0 Å². The number of rotatable bonds is 9. The third-order valence-corrected chi connectivity index (χ3v) is 6.05. The molecule has 3 aromatic rings. The molecule has 6 nitrogen and oxygen atoms in total. The van der Waals surface area contributed by atoms with Crippen LogP contribution in [-0.4, -0.2) is 36.7 Å². The summed E-state index contributed by atoms with van der Waals surface area (Å²) in [5.74, 6) is 0.597. The largest absolute Gasteiger partial charge is 0.494 e. The minimum atomic E-state index is -0.534. The van der Waals surface area contributed by atoms with Crippen molar-refractivity contribution in [2.75, 3.05) is 19.8 Å². The summed E-state index contributed by atoms with van der Waals surface area (Å²) in [6.45, 7) is 11.5. The Bertz CT molecular complexity index is 1260. The average Bonchev–Trinajstić information content (AvgIpc) is 3.07. The number of benzene rings is 2. The van der Waals surface area contributed by atoms with Crippen LogP contribution in [0.5, 0.6) is 5.75 Å². The van der Waals surface area contributed by atoms with Crippen LogP contribution in [0, 0.1) is 13.8 Å². The molecule has 2 aromatic carbocycles. The molecule has 1 atom stereocenters. The summed E-state index contributed by atoms with van der Waals surface area (Å²) >= 11 is 0. The van der Waals surface area contributed by atoms with Crippen LogP contribution in [0.2, 0.25) is 0 Å². The van der Waals surface area contributed by atoms with Crippen molar-refractivity contribution in [3.8, 4) is 5.75 Å². The van der Waals surface area contributed by atoms with Crippen LogP contribution in [-0.2, 0) is 4.74 Å². The first kappa shape index (κ1) is 24.0. The summed E-state index contributed by atoms with van der Waals surface area (Å²) in [6.07, 6.45) is 1.67. The molecule has 0 saturated carbocycles. The van der Waals surface area contributed by atoms with Gasteiger partial charge in [-0.25, -0.2) is 0 Å². The molecular formula is C28H33NO5. The Morgan fingerprint density at radius 1 is 1.09 bits per heavy atom. The van der Waals surface area contributed by atoms with Crippen molar-refractivity contribution in [1.29, 1.82) is 0 Å². The SMILES string of the molecule is CCCOc1cccc(C2c3c(oc4cc(C)cc(C)c4c3=O)C(=O)N2CCCOC(C)C)c1. The van der Waals surface area contributed by atoms with Gasteiger partial charge in [0.2, 0.25) is 5.76 Å². The van der Waals surface area contributed by atoms with Gasteiger partial charge in [-0.2, -0.15) is 0 Å². The number of carbonyl (C=O) groups excluding carboxylic acids is 1. The van der Waals surface area contributed by atoms with Crippen LogP contribution in [0.15, 0.2) is 45.6 Å². The Morgan fingerprint density at radius 3 is 2.62 bits per heavy atom. The minimum absolute atomic E-state index is 0.120. The zero-order valence-electron chi connectivity index (χ0n) is 20.6. The van der Waals surface area contributed by atoms with E-state index in [0.29, 0.717) is 42.7 Å². The number of amides is 1. The lowest BCUT2D eigenvalue weighted by atomic mass is 9.96. The molecule has 1 aliphatic rings. The number of aryl methyl sites for hydroxylation is 2. The molecule has 1 amide bonds. The van der Waals surface area contributed by atoms with E-state index in [4.69, 9.17) is 13.9 Å². The van der Waals surface area contributed by atoms with Gasteiger partial charge >= 0.3 is 0 Å². The van der Waals surface area contributed by atoms with Crippen molar-refractivity contribution in [1.82, 2.24) is 4.90 Å². The van der Waals surface area contributed by atoms with Gasteiger partial charge in [0.1, 0.15) is 11.3 Å². The lowest BCUT2D eigenvalue weighted by molar-refractivity contribution is 0.0593. The van der Waals surface area contributed by atoms with Crippen molar-refractivity contribution in [3.05, 3.63) is 74.6 Å². The Hall–Kier alpha value is -3.12. The molecule has 34 heavy (non-hydrogen) atoms. The average molecular weight is 464 g/mol. The predicted molar refractivity (Wildman–Crippen MR) is 133 cm³/mol. The first-order valence-corrected chi connectivity index (χ1v) is 12.0. The van der Waals surface area contributed by atoms with E-state index in [1.807, 2.05) is 64.1 Å². The van der Waals surface area contributed by atoms with E-state index < -0.39 is 6.04 Å². The molecule has 0 bridgehead atoms. The number of nitrogens with zero attached hydrogens (tertiary/aromatic N) is 1. The van der Waals surface area contributed by atoms with E-state index in [-0.39, 0.29) is 23.2 Å². The van der Waals surface area contributed by atoms with Crippen molar-refractivity contribution in [2.45, 2.75) is 59.6 Å². The highest BCUT2D eigenvalue weighted by atomic mass is 16.5. The Balaban J connectivity index is 1.83. The normalized spacial score (nSPS) is 15.4. The minimum Gasteiger partial charge on any atom is -0.494 e. The van der Waals surface area contributed by atoms with E-state index in [1.165, 1.54) is 0 Å². The van der Waals surface area contributed by atoms with Crippen LogP contribution in [0.1, 0.15) is 72.5 Å². The molecule has 1 unspecified atom stereocenters. The van der Waals surface area contributed by atoms with Gasteiger partial charge in [0.25, 0.3) is 5.91 Å². The first-order chi connectivity index (χ1) is 16.3. The highest BCUT2D eigenvalue weighted by molar-refractivity contribution is 5.99. The fourth-order valence-corrected chi connectivity index (χ4v) is 4.64. The molecule has 4 rings (SSSR count). The molecule has 1 aromatic heterocycles. The molecular weight excluding hydrogens is 430 g/mol. The van der Waals surface area contributed by atoms with Crippen LogP contribution in [0.4, 0.5) is 0 Å². The first-order valence-electron chi connectivity index (χ1n) is 12.0. The van der Waals surface area contributed by atoms with Gasteiger partial charge in [-0.15, -0.1) is 0 Å². The molecule has 0 spiro atoms. The van der Waals surface area contributed by atoms with Gasteiger partial charge in [0, 0.05) is 13.2 Å². The Labute approximate surface area is 200 Å². The molecule has 2 heterocycles. The van der Waals surface area contributed by atoms with Crippen molar-refractivity contribution >= 4 is 16.9 Å². The summed E-state index contributed by atoms with van der Waals surface area (Å²) < 4.78 is 17.7. The highest BCUT2D eigenvalue weighted by Crippen LogP contribution is 2.39. The lowest BCUT2D eigenvalue weighted by Gasteiger charge is -2.25. The number of fused-ring (bicyclic) bond motifs is 2. The summed E-state index contributed by atoms with van der Waals surface area (Å²) in [5, 5.41) is 0.533. The summed E-state index contributed by atoms with van der Waals surface area (Å²) in [7, 11) is 0. The van der Waals surface area contributed by atoms with Crippen LogP contribution < -0.4 is 10.2 Å². The zero-order chi connectivity index (χ0) is 24.4. The van der Waals surface area contributed by atoms with Gasteiger partial charge in [0.05, 0.1) is 29.7 Å². The monoisotopic (exact) mass is 463 g/mol. The second kappa shape index (κ2) is 10.0. The van der Waals surface area contributed by atoms with Crippen LogP contribution in [0.25, 0.3) is 11.0 Å². The van der Waals surface area contributed by atoms with Gasteiger partial charge in [-0.1, -0.05) is 25.1 Å². The van der Waals surface area contributed by atoms with E-state index in [1.54, 1.807) is 4.90 Å². The van der Waals surface area contributed by atoms with Crippen LogP contribution >= 0.6 is 0 Å². The fraction of sp³-hybridized carbons (Fsp3) is 0.429. The maximum atomic E-state index is 13.8. The molecule has 0 fully saturated rings. The van der Waals surface area contributed by atoms with Gasteiger partial charge in [0.15, 0.2) is 5.43 Å². The molecule has 0 saturated heterocycles. The van der Waals surface area contributed by atoms with Crippen molar-refractivity contribution in [2.24, 2.45) is 0 Å². The fourth-order valence-electron chi connectivity index (χ4n) is 4.64. The van der Waals surface area contributed by atoms with Gasteiger partial charge in [-0.3, -0.25) is 9.59 Å². The molecule has 6 heteroatoms. The summed E-state index contributed by atoms with van der Waals surface area (Å²) in [5.41, 5.74) is 3.38. The Kier molecular flexibility index (Phi) is 7.08. The summed E-state index contributed by atoms with van der Waals surface area (Å²) in [6, 6.07) is 10.9. The van der Waals surface area contributed by atoms with Crippen molar-refractivity contribution in [3.63, 3.8) is 0 Å². The smallest absolute Gasteiger partial charge is 0.290 e. The van der Waals surface area contributed by atoms with Crippen molar-refractivity contribution < 1.29 is 18.7 Å². The lowest BCUT2D eigenvalue weighted by Crippen LogP contribution is -2.31. The number of hydrogen-bond acceptors (Lipinski definition) is 5. The molecule has 180 valence electrons. The Morgan fingerprint density at radius 2 is 1.88 bits per heavy atom. The highest BCUT2D eigenvalue weighted by Gasteiger charge is 2.42. The van der Waals surface area contributed by atoms with E-state index in [0.717, 1.165) is 28.9 Å². The molecule has 0 N–H and O–H groups in total. The third-order valence-electron chi connectivity index (χ3n) is 6.05. The summed E-state index contributed by atoms with van der Waals surface area (Å²) in [4.78, 5) is 29.1.